The van der Waals surface area contributed by atoms with Crippen molar-refractivity contribution in [3.63, 3.8) is 0 Å². The highest BCUT2D eigenvalue weighted by molar-refractivity contribution is 7.18. The van der Waals surface area contributed by atoms with E-state index < -0.39 is 17.7 Å². The van der Waals surface area contributed by atoms with Crippen LogP contribution in [0, 0.1) is 17.6 Å². The largest absolute Gasteiger partial charge is 0.341 e. The quantitative estimate of drug-likeness (QED) is 0.408. The average molecular weight is 455 g/mol. The van der Waals surface area contributed by atoms with Crippen molar-refractivity contribution in [2.75, 3.05) is 13.1 Å². The Balaban J connectivity index is 1.35. The number of benzene rings is 2. The van der Waals surface area contributed by atoms with Crippen molar-refractivity contribution in [1.82, 2.24) is 19.4 Å². The van der Waals surface area contributed by atoms with Crippen LogP contribution >= 0.6 is 11.3 Å². The first kappa shape index (κ1) is 21.0. The third kappa shape index (κ3) is 3.66. The van der Waals surface area contributed by atoms with Gasteiger partial charge in [-0.25, -0.2) is 18.7 Å². The molecular weight excluding hydrogens is 430 g/mol. The molecule has 1 atom stereocenters. The molecule has 1 amide bonds. The van der Waals surface area contributed by atoms with Gasteiger partial charge in [0.2, 0.25) is 5.91 Å². The highest BCUT2D eigenvalue weighted by atomic mass is 32.1. The molecule has 166 valence electrons. The van der Waals surface area contributed by atoms with Crippen molar-refractivity contribution in [2.45, 2.75) is 38.6 Å². The summed E-state index contributed by atoms with van der Waals surface area (Å²) >= 11 is 1.73. The number of halogens is 2. The maximum absolute atomic E-state index is 13.9. The van der Waals surface area contributed by atoms with Crippen molar-refractivity contribution in [3.8, 4) is 0 Å². The van der Waals surface area contributed by atoms with E-state index in [9.17, 15) is 13.6 Å². The summed E-state index contributed by atoms with van der Waals surface area (Å²) in [5.41, 5.74) is 1.80. The van der Waals surface area contributed by atoms with Gasteiger partial charge in [-0.1, -0.05) is 26.0 Å². The van der Waals surface area contributed by atoms with Crippen LogP contribution in [0.15, 0.2) is 42.7 Å². The monoisotopic (exact) mass is 454 g/mol. The van der Waals surface area contributed by atoms with E-state index >= 15 is 0 Å². The first-order chi connectivity index (χ1) is 15.4. The number of aromatic nitrogens is 3. The predicted molar refractivity (Wildman–Crippen MR) is 122 cm³/mol. The molecule has 3 heterocycles. The van der Waals surface area contributed by atoms with Gasteiger partial charge in [-0.3, -0.25) is 4.79 Å². The number of piperidine rings is 1. The third-order valence-electron chi connectivity index (χ3n) is 6.27. The second kappa shape index (κ2) is 8.24. The fraction of sp³-hybridized carbons (Fsp3) is 0.375. The van der Waals surface area contributed by atoms with E-state index in [-0.39, 0.29) is 11.8 Å². The first-order valence-electron chi connectivity index (χ1n) is 10.9. The number of thiazole rings is 1. The zero-order valence-corrected chi connectivity index (χ0v) is 18.8. The molecule has 2 aromatic carbocycles. The molecule has 1 fully saturated rings. The minimum absolute atomic E-state index is 0.00761. The third-order valence-corrected chi connectivity index (χ3v) is 7.47. The minimum Gasteiger partial charge on any atom is -0.341 e. The molecule has 1 saturated heterocycles. The zero-order chi connectivity index (χ0) is 22.4. The van der Waals surface area contributed by atoms with Gasteiger partial charge in [0.15, 0.2) is 11.6 Å². The fourth-order valence-corrected chi connectivity index (χ4v) is 5.70. The molecule has 0 radical (unpaired) electrons. The summed E-state index contributed by atoms with van der Waals surface area (Å²) in [5, 5.41) is 1.14. The number of rotatable bonds is 4. The first-order valence-corrected chi connectivity index (χ1v) is 11.7. The van der Waals surface area contributed by atoms with Gasteiger partial charge >= 0.3 is 0 Å². The van der Waals surface area contributed by atoms with Crippen LogP contribution < -0.4 is 0 Å². The van der Waals surface area contributed by atoms with E-state index in [1.807, 2.05) is 36.9 Å². The number of imidazole rings is 1. The van der Waals surface area contributed by atoms with Crippen LogP contribution in [-0.4, -0.2) is 38.4 Å². The van der Waals surface area contributed by atoms with Gasteiger partial charge in [-0.2, -0.15) is 0 Å². The van der Waals surface area contributed by atoms with Crippen LogP contribution in [0.4, 0.5) is 8.78 Å². The van der Waals surface area contributed by atoms with Gasteiger partial charge in [-0.15, -0.1) is 11.3 Å². The molecule has 2 aromatic heterocycles. The molecule has 32 heavy (non-hydrogen) atoms. The van der Waals surface area contributed by atoms with Crippen LogP contribution in [0.5, 0.6) is 0 Å². The molecule has 1 aliphatic rings. The predicted octanol–water partition coefficient (Wildman–Crippen LogP) is 5.53. The van der Waals surface area contributed by atoms with Gasteiger partial charge < -0.3 is 9.47 Å². The summed E-state index contributed by atoms with van der Waals surface area (Å²) in [6.45, 7) is 5.22. The van der Waals surface area contributed by atoms with Crippen LogP contribution in [0.25, 0.3) is 21.3 Å². The summed E-state index contributed by atoms with van der Waals surface area (Å²) in [6.07, 6.45) is 3.24. The smallest absolute Gasteiger partial charge is 0.245 e. The van der Waals surface area contributed by atoms with E-state index in [2.05, 4.69) is 11.1 Å². The van der Waals surface area contributed by atoms with Crippen molar-refractivity contribution >= 4 is 38.5 Å². The summed E-state index contributed by atoms with van der Waals surface area (Å²) < 4.78 is 30.4. The lowest BCUT2D eigenvalue weighted by atomic mass is 9.95. The molecule has 5 rings (SSSR count). The highest BCUT2D eigenvalue weighted by Crippen LogP contribution is 2.35. The molecule has 0 saturated carbocycles. The Hall–Kier alpha value is -2.87. The van der Waals surface area contributed by atoms with E-state index in [0.717, 1.165) is 35.5 Å². The lowest BCUT2D eigenvalue weighted by Gasteiger charge is -2.35. The lowest BCUT2D eigenvalue weighted by molar-refractivity contribution is -0.137. The molecule has 5 nitrogen and oxygen atoms in total. The Morgan fingerprint density at radius 3 is 2.53 bits per heavy atom. The Labute approximate surface area is 188 Å². The number of hydrogen-bond acceptors (Lipinski definition) is 4. The Morgan fingerprint density at radius 2 is 1.81 bits per heavy atom. The number of fused-ring (bicyclic) bond motifs is 2. The van der Waals surface area contributed by atoms with E-state index in [0.29, 0.717) is 30.0 Å². The molecule has 0 spiro atoms. The highest BCUT2D eigenvalue weighted by Gasteiger charge is 2.33. The minimum atomic E-state index is -0.939. The Morgan fingerprint density at radius 1 is 1.09 bits per heavy atom. The number of amides is 1. The molecule has 1 unspecified atom stereocenters. The number of para-hydroxylation sites is 1. The van der Waals surface area contributed by atoms with E-state index in [1.54, 1.807) is 15.9 Å². The van der Waals surface area contributed by atoms with Crippen molar-refractivity contribution in [1.29, 1.82) is 0 Å². The molecule has 0 N–H and O–H groups in total. The van der Waals surface area contributed by atoms with Crippen LogP contribution in [0.3, 0.4) is 0 Å². The van der Waals surface area contributed by atoms with Crippen LogP contribution in [0.1, 0.15) is 43.7 Å². The van der Waals surface area contributed by atoms with Crippen molar-refractivity contribution in [3.05, 3.63) is 59.4 Å². The molecule has 0 bridgehead atoms. The summed E-state index contributed by atoms with van der Waals surface area (Å²) in [6, 6.07) is 9.82. The SMILES string of the molecule is CC(C)C(C(=O)N1CCC(c2nc3ccccc3s2)CC1)n1cnc2cc(F)c(F)cc21. The van der Waals surface area contributed by atoms with Crippen LogP contribution in [0.2, 0.25) is 0 Å². The second-order valence-corrected chi connectivity index (χ2v) is 9.78. The maximum atomic E-state index is 13.9. The normalized spacial score (nSPS) is 16.3. The number of hydrogen-bond donors (Lipinski definition) is 0. The van der Waals surface area contributed by atoms with Crippen molar-refractivity contribution in [2.24, 2.45) is 5.92 Å². The Bertz CT molecular complexity index is 1260. The molecule has 0 aliphatic carbocycles. The fourth-order valence-electron chi connectivity index (χ4n) is 4.57. The molecule has 4 aromatic rings. The van der Waals surface area contributed by atoms with Gasteiger partial charge in [0.25, 0.3) is 0 Å². The second-order valence-electron chi connectivity index (χ2n) is 8.72. The maximum Gasteiger partial charge on any atom is 0.245 e. The molecular formula is C24H24F2N4OS. The van der Waals surface area contributed by atoms with Crippen LogP contribution in [-0.2, 0) is 4.79 Å². The van der Waals surface area contributed by atoms with Crippen molar-refractivity contribution < 1.29 is 13.6 Å². The standard InChI is InChI=1S/C24H24F2N4OS/c1-14(2)22(30-13-27-19-11-16(25)17(26)12-20(19)30)24(31)29-9-7-15(8-10-29)23-28-18-5-3-4-6-21(18)32-23/h3-6,11-15,22H,7-10H2,1-2H3. The number of carbonyl (C=O) groups excluding carboxylic acids is 1. The zero-order valence-electron chi connectivity index (χ0n) is 18.0. The molecule has 8 heteroatoms. The van der Waals surface area contributed by atoms with Gasteiger partial charge in [0, 0.05) is 31.1 Å². The summed E-state index contributed by atoms with van der Waals surface area (Å²) in [4.78, 5) is 24.4. The van der Waals surface area contributed by atoms with E-state index in [4.69, 9.17) is 4.98 Å². The average Bonchev–Trinajstić information content (AvgIpc) is 3.39. The number of likely N-dealkylation sites (tertiary alicyclic amines) is 1. The lowest BCUT2D eigenvalue weighted by Crippen LogP contribution is -2.43. The Kier molecular flexibility index (Phi) is 5.41. The van der Waals surface area contributed by atoms with E-state index in [1.165, 1.54) is 11.0 Å². The van der Waals surface area contributed by atoms with Gasteiger partial charge in [0.1, 0.15) is 6.04 Å². The molecule has 1 aliphatic heterocycles. The summed E-state index contributed by atoms with van der Waals surface area (Å²) in [7, 11) is 0. The number of carbonyl (C=O) groups is 1. The topological polar surface area (TPSA) is 51.0 Å². The summed E-state index contributed by atoms with van der Waals surface area (Å²) in [5.74, 6) is -1.57. The van der Waals surface area contributed by atoms with Gasteiger partial charge in [0.05, 0.1) is 32.6 Å². The van der Waals surface area contributed by atoms with Gasteiger partial charge in [-0.05, 0) is 30.9 Å². The number of nitrogens with zero attached hydrogens (tertiary/aromatic N) is 4.